The summed E-state index contributed by atoms with van der Waals surface area (Å²) >= 11 is 5.07. The minimum absolute atomic E-state index is 0.289. The molecule has 0 unspecified atom stereocenters. The summed E-state index contributed by atoms with van der Waals surface area (Å²) in [6.07, 6.45) is 0. The van der Waals surface area contributed by atoms with Crippen LogP contribution < -0.4 is 0 Å². The lowest BCUT2D eigenvalue weighted by Crippen LogP contribution is -1.95. The Labute approximate surface area is 125 Å². The van der Waals surface area contributed by atoms with E-state index in [0.717, 1.165) is 9.37 Å². The number of halogens is 1. The molecule has 0 aromatic heterocycles. The molecule has 2 aromatic rings. The summed E-state index contributed by atoms with van der Waals surface area (Å²) in [5, 5.41) is 8.94. The molecule has 1 N–H and O–H groups in total. The van der Waals surface area contributed by atoms with Crippen LogP contribution in [0.1, 0.15) is 21.5 Å². The predicted molar refractivity (Wildman–Crippen MR) is 81.1 cm³/mol. The van der Waals surface area contributed by atoms with E-state index in [1.807, 2.05) is 6.07 Å². The smallest absolute Gasteiger partial charge is 0.335 e. The van der Waals surface area contributed by atoms with Gasteiger partial charge >= 0.3 is 5.97 Å². The zero-order valence-corrected chi connectivity index (χ0v) is 13.0. The Morgan fingerprint density at radius 1 is 1.11 bits per heavy atom. The molecule has 0 aliphatic heterocycles. The van der Waals surface area contributed by atoms with Gasteiger partial charge in [0.05, 0.1) is 5.56 Å². The summed E-state index contributed by atoms with van der Waals surface area (Å²) < 4.78 is 0.804. The highest BCUT2D eigenvalue weighted by Gasteiger charge is 2.09. The van der Waals surface area contributed by atoms with Crippen molar-refractivity contribution in [3.05, 3.63) is 57.6 Å². The fraction of sp³-hybridized carbons (Fsp3) is 0.133. The number of rotatable bonds is 3. The van der Waals surface area contributed by atoms with Crippen molar-refractivity contribution in [3.8, 4) is 0 Å². The lowest BCUT2D eigenvalue weighted by atomic mass is 10.2. The van der Waals surface area contributed by atoms with E-state index in [4.69, 9.17) is 5.11 Å². The van der Waals surface area contributed by atoms with Gasteiger partial charge in [-0.3, -0.25) is 0 Å². The fourth-order valence-corrected chi connectivity index (χ4v) is 3.28. The molecule has 0 aliphatic rings. The topological polar surface area (TPSA) is 37.3 Å². The number of hydrogen-bond donors (Lipinski definition) is 1. The Bertz CT molecular complexity index is 638. The van der Waals surface area contributed by atoms with Crippen LogP contribution in [-0.4, -0.2) is 11.1 Å². The average Bonchev–Trinajstić information content (AvgIpc) is 2.36. The second-order valence-corrected chi connectivity index (χ2v) is 6.26. The normalized spacial score (nSPS) is 10.5. The first kappa shape index (κ1) is 14.2. The summed E-state index contributed by atoms with van der Waals surface area (Å²) in [6, 6.07) is 11.4. The van der Waals surface area contributed by atoms with E-state index in [9.17, 15) is 4.79 Å². The Morgan fingerprint density at radius 2 is 1.84 bits per heavy atom. The second-order valence-electron chi connectivity index (χ2n) is 4.32. The molecule has 2 aromatic carbocycles. The molecule has 2 nitrogen and oxygen atoms in total. The molecule has 0 radical (unpaired) electrons. The van der Waals surface area contributed by atoms with Crippen LogP contribution in [0.25, 0.3) is 0 Å². The van der Waals surface area contributed by atoms with E-state index in [0.29, 0.717) is 0 Å². The summed E-state index contributed by atoms with van der Waals surface area (Å²) in [5.74, 6) is -0.913. The van der Waals surface area contributed by atoms with Gasteiger partial charge in [-0.25, -0.2) is 4.79 Å². The van der Waals surface area contributed by atoms with E-state index in [-0.39, 0.29) is 5.56 Å². The summed E-state index contributed by atoms with van der Waals surface area (Å²) in [7, 11) is 0. The first-order valence-electron chi connectivity index (χ1n) is 5.75. The van der Waals surface area contributed by atoms with Crippen molar-refractivity contribution in [1.82, 2.24) is 0 Å². The number of aryl methyl sites for hydroxylation is 2. The summed E-state index contributed by atoms with van der Waals surface area (Å²) in [4.78, 5) is 13.1. The monoisotopic (exact) mass is 336 g/mol. The van der Waals surface area contributed by atoms with Crippen molar-refractivity contribution >= 4 is 33.7 Å². The minimum Gasteiger partial charge on any atom is -0.478 e. The largest absolute Gasteiger partial charge is 0.478 e. The summed E-state index contributed by atoms with van der Waals surface area (Å²) in [5.41, 5.74) is 2.72. The van der Waals surface area contributed by atoms with Gasteiger partial charge in [0.15, 0.2) is 0 Å². The third-order valence-electron chi connectivity index (χ3n) is 2.74. The maximum atomic E-state index is 10.9. The molecule has 0 saturated carbocycles. The van der Waals surface area contributed by atoms with Crippen LogP contribution in [0.5, 0.6) is 0 Å². The highest BCUT2D eigenvalue weighted by Crippen LogP contribution is 2.36. The molecule has 19 heavy (non-hydrogen) atoms. The van der Waals surface area contributed by atoms with Crippen molar-refractivity contribution < 1.29 is 9.90 Å². The van der Waals surface area contributed by atoms with Crippen molar-refractivity contribution in [2.24, 2.45) is 0 Å². The Morgan fingerprint density at radius 3 is 2.47 bits per heavy atom. The molecular formula is C15H13BrO2S. The number of hydrogen-bond acceptors (Lipinski definition) is 2. The van der Waals surface area contributed by atoms with Gasteiger partial charge in [-0.2, -0.15) is 0 Å². The summed E-state index contributed by atoms with van der Waals surface area (Å²) in [6.45, 7) is 4.13. The van der Waals surface area contributed by atoms with Gasteiger partial charge in [-0.05, 0) is 65.2 Å². The van der Waals surface area contributed by atoms with E-state index >= 15 is 0 Å². The highest BCUT2D eigenvalue weighted by atomic mass is 79.9. The molecule has 98 valence electrons. The van der Waals surface area contributed by atoms with Crippen molar-refractivity contribution in [2.45, 2.75) is 23.6 Å². The average molecular weight is 337 g/mol. The molecule has 0 fully saturated rings. The van der Waals surface area contributed by atoms with E-state index in [1.165, 1.54) is 16.0 Å². The van der Waals surface area contributed by atoms with Gasteiger partial charge in [-0.15, -0.1) is 0 Å². The lowest BCUT2D eigenvalue weighted by molar-refractivity contribution is 0.0696. The van der Waals surface area contributed by atoms with Crippen molar-refractivity contribution in [1.29, 1.82) is 0 Å². The minimum atomic E-state index is -0.913. The van der Waals surface area contributed by atoms with Crippen LogP contribution in [0.15, 0.2) is 50.7 Å². The standard InChI is InChI=1S/C15H13BrO2S/c1-9-3-4-10(2)14(7-9)19-13-6-5-11(15(17)18)8-12(13)16/h3-8H,1-2H3,(H,17,18). The van der Waals surface area contributed by atoms with E-state index in [1.54, 1.807) is 23.9 Å². The molecule has 0 bridgehead atoms. The van der Waals surface area contributed by atoms with Gasteiger partial charge in [-0.1, -0.05) is 23.9 Å². The van der Waals surface area contributed by atoms with Crippen molar-refractivity contribution in [3.63, 3.8) is 0 Å². The van der Waals surface area contributed by atoms with Crippen LogP contribution >= 0.6 is 27.7 Å². The van der Waals surface area contributed by atoms with Gasteiger partial charge in [0.25, 0.3) is 0 Å². The zero-order valence-electron chi connectivity index (χ0n) is 10.6. The predicted octanol–water partition coefficient (Wildman–Crippen LogP) is 4.92. The number of carboxylic acid groups (broad SMARTS) is 1. The van der Waals surface area contributed by atoms with Crippen LogP contribution in [0.4, 0.5) is 0 Å². The van der Waals surface area contributed by atoms with Crippen LogP contribution in [0, 0.1) is 13.8 Å². The fourth-order valence-electron chi connectivity index (χ4n) is 1.65. The molecule has 2 rings (SSSR count). The van der Waals surface area contributed by atoms with E-state index < -0.39 is 5.97 Å². The molecule has 0 atom stereocenters. The second kappa shape index (κ2) is 5.80. The molecule has 4 heteroatoms. The number of aromatic carboxylic acids is 1. The van der Waals surface area contributed by atoms with Crippen LogP contribution in [-0.2, 0) is 0 Å². The maximum absolute atomic E-state index is 10.9. The van der Waals surface area contributed by atoms with E-state index in [2.05, 4.69) is 48.0 Å². The first-order valence-corrected chi connectivity index (χ1v) is 7.36. The Kier molecular flexibility index (Phi) is 4.32. The van der Waals surface area contributed by atoms with Gasteiger partial charge in [0.1, 0.15) is 0 Å². The van der Waals surface area contributed by atoms with Gasteiger partial charge < -0.3 is 5.11 Å². The molecule has 0 heterocycles. The molecule has 0 saturated heterocycles. The molecular weight excluding hydrogens is 324 g/mol. The SMILES string of the molecule is Cc1ccc(C)c(Sc2ccc(C(=O)O)cc2Br)c1. The molecule has 0 aliphatic carbocycles. The number of carboxylic acids is 1. The maximum Gasteiger partial charge on any atom is 0.335 e. The van der Waals surface area contributed by atoms with Gasteiger partial charge in [0.2, 0.25) is 0 Å². The van der Waals surface area contributed by atoms with Crippen molar-refractivity contribution in [2.75, 3.05) is 0 Å². The highest BCUT2D eigenvalue weighted by molar-refractivity contribution is 9.10. The molecule has 0 spiro atoms. The zero-order chi connectivity index (χ0) is 14.0. The third-order valence-corrected chi connectivity index (χ3v) is 4.90. The third kappa shape index (κ3) is 3.39. The quantitative estimate of drug-likeness (QED) is 0.864. The van der Waals surface area contributed by atoms with Crippen LogP contribution in [0.2, 0.25) is 0 Å². The van der Waals surface area contributed by atoms with Crippen LogP contribution in [0.3, 0.4) is 0 Å². The lowest BCUT2D eigenvalue weighted by Gasteiger charge is -2.09. The Balaban J connectivity index is 2.33. The first-order chi connectivity index (χ1) is 8.97. The Hall–Kier alpha value is -1.26. The number of benzene rings is 2. The molecule has 0 amide bonds. The number of carbonyl (C=O) groups is 1. The van der Waals surface area contributed by atoms with Gasteiger partial charge in [0, 0.05) is 14.3 Å².